The van der Waals surface area contributed by atoms with Crippen LogP contribution in [0.25, 0.3) is 0 Å². The van der Waals surface area contributed by atoms with E-state index in [-0.39, 0.29) is 34.8 Å². The molecule has 8 nitrogen and oxygen atoms in total. The first kappa shape index (κ1) is 25.5. The van der Waals surface area contributed by atoms with Crippen LogP contribution in [0.5, 0.6) is 0 Å². The fourth-order valence-corrected chi connectivity index (χ4v) is 5.94. The van der Waals surface area contributed by atoms with Gasteiger partial charge in [-0.1, -0.05) is 30.4 Å². The van der Waals surface area contributed by atoms with E-state index in [1.54, 1.807) is 11.8 Å². The highest BCUT2D eigenvalue weighted by Gasteiger charge is 2.71. The number of rotatable bonds is 5. The molecular weight excluding hydrogens is 500 g/mol. The second-order valence-electron chi connectivity index (χ2n) is 7.28. The second kappa shape index (κ2) is 8.56. The van der Waals surface area contributed by atoms with Gasteiger partial charge in [0.25, 0.3) is 15.6 Å². The summed E-state index contributed by atoms with van der Waals surface area (Å²) < 4.78 is 105. The quantitative estimate of drug-likeness (QED) is 0.584. The minimum absolute atomic E-state index is 0.00485. The molecule has 1 aromatic carbocycles. The molecule has 16 heteroatoms. The van der Waals surface area contributed by atoms with Crippen LogP contribution in [0.2, 0.25) is 0 Å². The fraction of sp³-hybridized carbons (Fsp3) is 0.529. The monoisotopic (exact) mass is 519 g/mol. The van der Waals surface area contributed by atoms with E-state index in [1.807, 2.05) is 0 Å². The number of benzene rings is 1. The molecule has 1 aromatic heterocycles. The van der Waals surface area contributed by atoms with Gasteiger partial charge in [-0.15, -0.1) is 10.2 Å². The topological polar surface area (TPSA) is 113 Å². The highest BCUT2D eigenvalue weighted by molar-refractivity contribution is 7.91. The summed E-state index contributed by atoms with van der Waals surface area (Å²) in [4.78, 5) is 1.69. The van der Waals surface area contributed by atoms with Crippen molar-refractivity contribution in [3.05, 3.63) is 29.8 Å². The normalized spacial score (nSPS) is 19.2. The van der Waals surface area contributed by atoms with Crippen LogP contribution in [0.3, 0.4) is 0 Å². The number of hydrogen-bond acceptors (Lipinski definition) is 8. The first-order valence-corrected chi connectivity index (χ1v) is 11.7. The Morgan fingerprint density at radius 3 is 2.12 bits per heavy atom. The lowest BCUT2D eigenvalue weighted by atomic mass is 9.92. The molecular formula is C17H19F6N5O3S2. The van der Waals surface area contributed by atoms with Crippen molar-refractivity contribution in [2.45, 2.75) is 41.7 Å². The third-order valence-electron chi connectivity index (χ3n) is 5.34. The Kier molecular flexibility index (Phi) is 6.60. The molecule has 1 saturated heterocycles. The number of aromatic nitrogens is 2. The Morgan fingerprint density at radius 1 is 1.09 bits per heavy atom. The van der Waals surface area contributed by atoms with E-state index in [0.717, 1.165) is 12.1 Å². The molecule has 0 radical (unpaired) electrons. The number of aliphatic hydroxyl groups is 1. The first-order valence-electron chi connectivity index (χ1n) is 9.45. The van der Waals surface area contributed by atoms with Crippen molar-refractivity contribution < 1.29 is 39.9 Å². The largest absolute Gasteiger partial charge is 0.430 e. The van der Waals surface area contributed by atoms with Crippen LogP contribution in [0.15, 0.2) is 28.6 Å². The lowest BCUT2D eigenvalue weighted by molar-refractivity contribution is -0.376. The molecule has 33 heavy (non-hydrogen) atoms. The molecule has 1 aliphatic heterocycles. The number of hydrogen-bond donors (Lipinski definition) is 2. The van der Waals surface area contributed by atoms with E-state index in [0.29, 0.717) is 29.9 Å². The predicted molar refractivity (Wildman–Crippen MR) is 107 cm³/mol. The number of nitrogens with zero attached hydrogens (tertiary/aromatic N) is 4. The Labute approximate surface area is 188 Å². The van der Waals surface area contributed by atoms with Gasteiger partial charge in [0.05, 0.1) is 0 Å². The number of nitrogens with two attached hydrogens (primary N) is 1. The van der Waals surface area contributed by atoms with Gasteiger partial charge in [-0.05, 0) is 18.6 Å². The van der Waals surface area contributed by atoms with Gasteiger partial charge < -0.3 is 15.7 Å². The van der Waals surface area contributed by atoms with Crippen LogP contribution in [-0.2, 0) is 15.6 Å². The smallest absolute Gasteiger partial charge is 0.374 e. The van der Waals surface area contributed by atoms with Gasteiger partial charge >= 0.3 is 12.4 Å². The number of piperazine rings is 1. The molecule has 0 aliphatic carbocycles. The standard InChI is InChI=1S/C17H19F6N5O3S2/c1-2-11-9-27(33(30,31)14-26-25-13(24)32-14)7-8-28(11)12-5-3-10(4-6-12)15(29,16(18,19)20)17(21,22)23/h3-6,11,29H,2,7-9H2,1H3,(H2,24,25)/t11-/m0/s1. The Balaban J connectivity index is 1.85. The predicted octanol–water partition coefficient (Wildman–Crippen LogP) is 2.72. The maximum absolute atomic E-state index is 13.1. The van der Waals surface area contributed by atoms with Crippen molar-refractivity contribution in [3.63, 3.8) is 0 Å². The van der Waals surface area contributed by atoms with Crippen LogP contribution in [0, 0.1) is 0 Å². The average Bonchev–Trinajstić information content (AvgIpc) is 3.18. The molecule has 2 aromatic rings. The summed E-state index contributed by atoms with van der Waals surface area (Å²) in [7, 11) is -3.96. The summed E-state index contributed by atoms with van der Waals surface area (Å²) in [6, 6.07) is 2.78. The van der Waals surface area contributed by atoms with Crippen LogP contribution in [0.4, 0.5) is 37.2 Å². The Bertz CT molecular complexity index is 1070. The van der Waals surface area contributed by atoms with Gasteiger partial charge in [-0.3, -0.25) is 0 Å². The summed E-state index contributed by atoms with van der Waals surface area (Å²) in [5.74, 6) is 0. The van der Waals surface area contributed by atoms with Gasteiger partial charge in [0.2, 0.25) is 9.47 Å². The zero-order chi connectivity index (χ0) is 24.8. The van der Waals surface area contributed by atoms with Crippen LogP contribution < -0.4 is 10.6 Å². The van der Waals surface area contributed by atoms with Gasteiger partial charge in [0, 0.05) is 36.9 Å². The third kappa shape index (κ3) is 4.48. The number of nitrogen functional groups attached to an aromatic ring is 1. The molecule has 0 saturated carbocycles. The molecule has 1 fully saturated rings. The van der Waals surface area contributed by atoms with Crippen LogP contribution in [0.1, 0.15) is 18.9 Å². The number of halogens is 6. The lowest BCUT2D eigenvalue weighted by Crippen LogP contribution is -2.55. The van der Waals surface area contributed by atoms with Gasteiger partial charge in [-0.2, -0.15) is 30.6 Å². The maximum Gasteiger partial charge on any atom is 0.430 e. The maximum atomic E-state index is 13.1. The zero-order valence-electron chi connectivity index (χ0n) is 16.9. The fourth-order valence-electron chi connectivity index (χ4n) is 3.55. The molecule has 3 rings (SSSR count). The molecule has 0 unspecified atom stereocenters. The van der Waals surface area contributed by atoms with Crippen LogP contribution in [-0.4, -0.2) is 66.1 Å². The van der Waals surface area contributed by atoms with E-state index in [4.69, 9.17) is 5.73 Å². The van der Waals surface area contributed by atoms with Crippen molar-refractivity contribution in [1.82, 2.24) is 14.5 Å². The summed E-state index contributed by atoms with van der Waals surface area (Å²) in [5, 5.41) is 16.6. The van der Waals surface area contributed by atoms with Crippen molar-refractivity contribution in [2.75, 3.05) is 30.3 Å². The zero-order valence-corrected chi connectivity index (χ0v) is 18.6. The van der Waals surface area contributed by atoms with E-state index in [9.17, 15) is 39.9 Å². The number of anilines is 2. The van der Waals surface area contributed by atoms with Gasteiger partial charge in [0.1, 0.15) is 0 Å². The molecule has 3 N–H and O–H groups in total. The van der Waals surface area contributed by atoms with Crippen molar-refractivity contribution in [1.29, 1.82) is 0 Å². The number of sulfonamides is 1. The molecule has 2 heterocycles. The van der Waals surface area contributed by atoms with Gasteiger partial charge in [0.15, 0.2) is 0 Å². The molecule has 0 spiro atoms. The number of alkyl halides is 6. The second-order valence-corrected chi connectivity index (χ2v) is 10.4. The minimum atomic E-state index is -5.98. The third-order valence-corrected chi connectivity index (χ3v) is 8.30. The average molecular weight is 519 g/mol. The summed E-state index contributed by atoms with van der Waals surface area (Å²) in [6.07, 6.45) is -11.5. The first-order chi connectivity index (χ1) is 15.1. The van der Waals surface area contributed by atoms with Crippen LogP contribution >= 0.6 is 11.3 Å². The van der Waals surface area contributed by atoms with E-state index in [2.05, 4.69) is 10.2 Å². The minimum Gasteiger partial charge on any atom is -0.374 e. The molecule has 1 aliphatic rings. The van der Waals surface area contributed by atoms with E-state index in [1.165, 1.54) is 4.31 Å². The molecule has 0 amide bonds. The highest BCUT2D eigenvalue weighted by Crippen LogP contribution is 2.50. The Hall–Kier alpha value is -2.17. The Morgan fingerprint density at radius 2 is 1.67 bits per heavy atom. The van der Waals surface area contributed by atoms with Crippen molar-refractivity contribution in [3.8, 4) is 0 Å². The van der Waals surface area contributed by atoms with E-state index < -0.39 is 39.6 Å². The van der Waals surface area contributed by atoms with E-state index >= 15 is 0 Å². The molecule has 184 valence electrons. The summed E-state index contributed by atoms with van der Waals surface area (Å²) >= 11 is 0.707. The summed E-state index contributed by atoms with van der Waals surface area (Å²) in [6.45, 7) is 1.88. The molecule has 1 atom stereocenters. The summed E-state index contributed by atoms with van der Waals surface area (Å²) in [5.41, 5.74) is -0.647. The van der Waals surface area contributed by atoms with Crippen molar-refractivity contribution >= 4 is 32.2 Å². The highest BCUT2D eigenvalue weighted by atomic mass is 32.2. The van der Waals surface area contributed by atoms with Crippen molar-refractivity contribution in [2.24, 2.45) is 0 Å². The lowest BCUT2D eigenvalue weighted by Gasteiger charge is -2.41. The molecule has 0 bridgehead atoms. The van der Waals surface area contributed by atoms with Gasteiger partial charge in [-0.25, -0.2) is 8.42 Å². The SMILES string of the molecule is CC[C@H]1CN(S(=O)(=O)c2nnc(N)s2)CCN1c1ccc(C(O)(C(F)(F)F)C(F)(F)F)cc1.